The van der Waals surface area contributed by atoms with Crippen molar-refractivity contribution in [3.8, 4) is 0 Å². The van der Waals surface area contributed by atoms with Gasteiger partial charge in [-0.15, -0.1) is 0 Å². The molecule has 1 aromatic carbocycles. The summed E-state index contributed by atoms with van der Waals surface area (Å²) in [5.41, 5.74) is 0.680. The second kappa shape index (κ2) is 9.44. The zero-order chi connectivity index (χ0) is 25.3. The number of aromatic nitrogens is 4. The lowest BCUT2D eigenvalue weighted by Gasteiger charge is -2.30. The molecule has 0 atom stereocenters. The van der Waals surface area contributed by atoms with Crippen molar-refractivity contribution >= 4 is 11.8 Å². The van der Waals surface area contributed by atoms with E-state index in [0.717, 1.165) is 11.1 Å². The number of hydrogen-bond donors (Lipinski definition) is 2. The number of amides is 2. The maximum atomic E-state index is 13.1. The fraction of sp³-hybridized carbons (Fsp3) is 0.462. The van der Waals surface area contributed by atoms with Gasteiger partial charge in [-0.3, -0.25) is 9.59 Å². The van der Waals surface area contributed by atoms with E-state index < -0.39 is 11.1 Å². The quantitative estimate of drug-likeness (QED) is 0.500. The van der Waals surface area contributed by atoms with E-state index in [4.69, 9.17) is 0 Å². The molecule has 8 heteroatoms. The maximum Gasteiger partial charge on any atom is 0.347 e. The number of imidazole rings is 2. The van der Waals surface area contributed by atoms with Gasteiger partial charge in [-0.25, -0.2) is 18.3 Å². The lowest BCUT2D eigenvalue weighted by Crippen LogP contribution is -2.48. The molecular formula is C26H38N6O2+2. The molecule has 0 fully saturated rings. The van der Waals surface area contributed by atoms with E-state index in [2.05, 4.69) is 16.7 Å². The molecule has 2 aromatic heterocycles. The Morgan fingerprint density at radius 1 is 0.794 bits per heavy atom. The third kappa shape index (κ3) is 4.90. The van der Waals surface area contributed by atoms with Gasteiger partial charge in [0.25, 0.3) is 0 Å². The van der Waals surface area contributed by atoms with Gasteiger partial charge in [0.05, 0.1) is 38.3 Å². The van der Waals surface area contributed by atoms with Crippen LogP contribution in [0.4, 0.5) is 0 Å². The molecule has 3 rings (SSSR count). The molecule has 0 saturated heterocycles. The monoisotopic (exact) mass is 466 g/mol. The summed E-state index contributed by atoms with van der Waals surface area (Å²) in [6, 6.07) is 8.03. The zero-order valence-electron chi connectivity index (χ0n) is 21.6. The van der Waals surface area contributed by atoms with Crippen LogP contribution < -0.4 is 19.8 Å². The van der Waals surface area contributed by atoms with E-state index in [1.54, 1.807) is 0 Å². The molecule has 3 aromatic rings. The summed E-state index contributed by atoms with van der Waals surface area (Å²) in [6.07, 6.45) is 7.57. The number of nitrogens with one attached hydrogen (secondary N) is 2. The van der Waals surface area contributed by atoms with Crippen molar-refractivity contribution in [3.05, 3.63) is 71.8 Å². The first-order valence-electron chi connectivity index (χ1n) is 11.8. The van der Waals surface area contributed by atoms with Crippen LogP contribution in [0.5, 0.6) is 0 Å². The van der Waals surface area contributed by atoms with Crippen LogP contribution in [-0.4, -0.2) is 20.9 Å². The smallest absolute Gasteiger partial charge is 0.337 e. The van der Waals surface area contributed by atoms with Gasteiger partial charge in [0, 0.05) is 0 Å². The van der Waals surface area contributed by atoms with Crippen molar-refractivity contribution in [1.82, 2.24) is 19.8 Å². The molecule has 0 unspecified atom stereocenters. The Balaban J connectivity index is 1.85. The van der Waals surface area contributed by atoms with E-state index in [0.29, 0.717) is 24.7 Å². The summed E-state index contributed by atoms with van der Waals surface area (Å²) in [5.74, 6) is 0.938. The Labute approximate surface area is 202 Å². The molecule has 0 aliphatic rings. The average molecular weight is 467 g/mol. The minimum atomic E-state index is -0.619. The maximum absolute atomic E-state index is 13.1. The van der Waals surface area contributed by atoms with Crippen LogP contribution in [0.1, 0.15) is 73.9 Å². The van der Waals surface area contributed by atoms with Crippen molar-refractivity contribution in [2.75, 3.05) is 0 Å². The van der Waals surface area contributed by atoms with E-state index in [9.17, 15) is 9.59 Å². The average Bonchev–Trinajstić information content (AvgIpc) is 3.35. The second-order valence-electron chi connectivity index (χ2n) is 9.78. The van der Waals surface area contributed by atoms with E-state index >= 15 is 0 Å². The van der Waals surface area contributed by atoms with Gasteiger partial charge in [-0.05, 0) is 52.7 Å². The van der Waals surface area contributed by atoms with Gasteiger partial charge in [0.2, 0.25) is 0 Å². The minimum Gasteiger partial charge on any atom is -0.337 e. The summed E-state index contributed by atoms with van der Waals surface area (Å²) >= 11 is 0. The molecule has 0 radical (unpaired) electrons. The third-order valence-corrected chi connectivity index (χ3v) is 6.40. The second-order valence-corrected chi connectivity index (χ2v) is 9.78. The third-order valence-electron chi connectivity index (χ3n) is 6.40. The summed E-state index contributed by atoms with van der Waals surface area (Å²) < 4.78 is 7.51. The van der Waals surface area contributed by atoms with Gasteiger partial charge >= 0.3 is 23.5 Å². The molecule has 34 heavy (non-hydrogen) atoms. The number of aryl methyl sites for hydroxylation is 4. The molecule has 2 heterocycles. The summed E-state index contributed by atoms with van der Waals surface area (Å²) in [4.78, 5) is 26.3. The normalized spacial score (nSPS) is 12.0. The predicted octanol–water partition coefficient (Wildman–Crippen LogP) is 2.31. The van der Waals surface area contributed by atoms with Crippen molar-refractivity contribution in [2.45, 2.75) is 65.7 Å². The molecule has 0 saturated carbocycles. The lowest BCUT2D eigenvalue weighted by molar-refractivity contribution is -0.673. The highest BCUT2D eigenvalue weighted by atomic mass is 16.2. The van der Waals surface area contributed by atoms with Crippen molar-refractivity contribution < 1.29 is 18.7 Å². The number of rotatable bonds is 8. The summed E-state index contributed by atoms with van der Waals surface area (Å²) in [6.45, 7) is 13.4. The molecule has 8 nitrogen and oxygen atoms in total. The van der Waals surface area contributed by atoms with Gasteiger partial charge < -0.3 is 10.6 Å². The molecule has 0 spiro atoms. The fourth-order valence-corrected chi connectivity index (χ4v) is 4.26. The first-order valence-corrected chi connectivity index (χ1v) is 11.8. The molecule has 2 amide bonds. The zero-order valence-corrected chi connectivity index (χ0v) is 21.6. The van der Waals surface area contributed by atoms with Crippen LogP contribution in [0.3, 0.4) is 0 Å². The van der Waals surface area contributed by atoms with Crippen LogP contribution in [0, 0.1) is 0 Å². The Morgan fingerprint density at radius 3 is 1.53 bits per heavy atom. The van der Waals surface area contributed by atoms with Crippen LogP contribution in [0.15, 0.2) is 49.1 Å². The highest BCUT2D eigenvalue weighted by molar-refractivity contribution is 5.90. The Hall–Kier alpha value is -3.42. The first kappa shape index (κ1) is 25.2. The Kier molecular flexibility index (Phi) is 7.00. The van der Waals surface area contributed by atoms with Crippen LogP contribution in [-0.2, 0) is 38.3 Å². The topological polar surface area (TPSA) is 75.8 Å². The van der Waals surface area contributed by atoms with Gasteiger partial charge in [0.1, 0.15) is 24.8 Å². The number of carbonyl (C=O) groups is 2. The van der Waals surface area contributed by atoms with Gasteiger partial charge in [0.15, 0.2) is 0 Å². The number of benzene rings is 1. The lowest BCUT2D eigenvalue weighted by atomic mass is 9.87. The van der Waals surface area contributed by atoms with Crippen molar-refractivity contribution in [2.24, 2.45) is 14.1 Å². The number of nitrogens with zero attached hydrogens (tertiary/aromatic N) is 4. The highest BCUT2D eigenvalue weighted by Gasteiger charge is 2.33. The first-order chi connectivity index (χ1) is 15.9. The van der Waals surface area contributed by atoms with Gasteiger partial charge in [-0.2, -0.15) is 0 Å². The van der Waals surface area contributed by atoms with Crippen LogP contribution >= 0.6 is 0 Å². The summed E-state index contributed by atoms with van der Waals surface area (Å²) in [7, 11) is 3.74. The van der Waals surface area contributed by atoms with Crippen molar-refractivity contribution in [1.29, 1.82) is 0 Å². The predicted molar refractivity (Wildman–Crippen MR) is 130 cm³/mol. The molecular weight excluding hydrogens is 428 g/mol. The number of hydrogen-bond acceptors (Lipinski definition) is 2. The minimum absolute atomic E-state index is 0.134. The van der Waals surface area contributed by atoms with E-state index in [1.807, 2.05) is 117 Å². The molecule has 0 aliphatic heterocycles. The molecule has 0 bridgehead atoms. The summed E-state index contributed by atoms with van der Waals surface area (Å²) in [5, 5.41) is 6.36. The van der Waals surface area contributed by atoms with Crippen molar-refractivity contribution in [3.63, 3.8) is 0 Å². The Morgan fingerprint density at radius 2 is 1.18 bits per heavy atom. The standard InChI is InChI=1S/C26H36N6O2/c1-9-31-16-14-29(7)23(31)21(33)27-25(3,4)19-12-11-13-20(18-19)26(5,6)28-22(34)24-30(8)15-17-32(24)10-2/h11-18H,9-10H2,1-8H3/p+2. The van der Waals surface area contributed by atoms with E-state index in [1.165, 1.54) is 0 Å². The largest absolute Gasteiger partial charge is 0.347 e. The molecule has 2 N–H and O–H groups in total. The SMILES string of the molecule is CCn1cc[n+](C)c1C(=O)NC(C)(C)c1cccc(C(C)(C)NC(=O)c2n(CC)cc[n+]2C)c1. The van der Waals surface area contributed by atoms with Crippen LogP contribution in [0.2, 0.25) is 0 Å². The highest BCUT2D eigenvalue weighted by Crippen LogP contribution is 2.27. The Bertz CT molecular complexity index is 1110. The fourth-order valence-electron chi connectivity index (χ4n) is 4.26. The van der Waals surface area contributed by atoms with E-state index in [-0.39, 0.29) is 11.8 Å². The molecule has 0 aliphatic carbocycles. The van der Waals surface area contributed by atoms with Gasteiger partial charge in [-0.1, -0.05) is 24.3 Å². The van der Waals surface area contributed by atoms with Crippen LogP contribution in [0.25, 0.3) is 0 Å². The molecule has 182 valence electrons. The number of carbonyl (C=O) groups excluding carboxylic acids is 2.